The molecule has 0 unspecified atom stereocenters. The lowest BCUT2D eigenvalue weighted by Gasteiger charge is -2.34. The molecule has 4 aliphatic carbocycles. The molecule has 1 heteroatoms. The van der Waals surface area contributed by atoms with Gasteiger partial charge in [-0.05, 0) is 131 Å². The topological polar surface area (TPSA) is 3.24 Å². The van der Waals surface area contributed by atoms with Crippen molar-refractivity contribution in [1.29, 1.82) is 0 Å². The van der Waals surface area contributed by atoms with E-state index >= 15 is 0 Å². The van der Waals surface area contributed by atoms with Gasteiger partial charge in [0, 0.05) is 27.8 Å². The number of benzene rings is 9. The molecular weight excluding hydrogens is 747 g/mol. The monoisotopic (exact) mass is 791 g/mol. The molecular formula is C61H45N. The first kappa shape index (κ1) is 35.5. The molecule has 0 bridgehead atoms. The molecule has 9 aromatic rings. The zero-order chi connectivity index (χ0) is 41.5. The van der Waals surface area contributed by atoms with Crippen molar-refractivity contribution in [2.24, 2.45) is 0 Å². The van der Waals surface area contributed by atoms with E-state index in [1.165, 1.54) is 106 Å². The summed E-state index contributed by atoms with van der Waals surface area (Å²) in [5.41, 5.74) is 26.6. The van der Waals surface area contributed by atoms with E-state index in [-0.39, 0.29) is 10.8 Å². The van der Waals surface area contributed by atoms with E-state index in [2.05, 4.69) is 233 Å². The second-order valence-electron chi connectivity index (χ2n) is 18.8. The lowest BCUT2D eigenvalue weighted by Crippen LogP contribution is -2.26. The highest BCUT2D eigenvalue weighted by atomic mass is 15.1. The van der Waals surface area contributed by atoms with Crippen LogP contribution in [-0.2, 0) is 16.2 Å². The molecule has 62 heavy (non-hydrogen) atoms. The van der Waals surface area contributed by atoms with E-state index in [0.29, 0.717) is 0 Å². The molecule has 0 aliphatic heterocycles. The van der Waals surface area contributed by atoms with Crippen LogP contribution in [-0.4, -0.2) is 0 Å². The summed E-state index contributed by atoms with van der Waals surface area (Å²) >= 11 is 0. The standard InChI is InChI=1S/C61H45N/c1-59(2)50-25-13-8-20-41(50)46-32-30-39(34-55(46)59)62(40-31-33-47-42-21-9-14-26-51(42)60(3,4)56(47)35-40)58-37-57-49(36-48(58)38-18-6-5-7-19-38)45-24-12-17-29-54(45)61(57)52-27-15-10-22-43(52)44-23-11-16-28-53(44)61/h5-37H,1-4H3. The molecule has 0 N–H and O–H groups in total. The van der Waals surface area contributed by atoms with Gasteiger partial charge in [0.1, 0.15) is 0 Å². The molecule has 0 radical (unpaired) electrons. The maximum absolute atomic E-state index is 2.59. The van der Waals surface area contributed by atoms with Crippen molar-refractivity contribution in [2.45, 2.75) is 43.9 Å². The minimum Gasteiger partial charge on any atom is -0.310 e. The highest BCUT2D eigenvalue weighted by molar-refractivity contribution is 6.01. The lowest BCUT2D eigenvalue weighted by atomic mass is 9.70. The van der Waals surface area contributed by atoms with Crippen molar-refractivity contribution >= 4 is 17.1 Å². The average molecular weight is 792 g/mol. The third-order valence-electron chi connectivity index (χ3n) is 15.1. The maximum atomic E-state index is 2.59. The van der Waals surface area contributed by atoms with Crippen LogP contribution in [0.5, 0.6) is 0 Å². The predicted molar refractivity (Wildman–Crippen MR) is 258 cm³/mol. The Morgan fingerprint density at radius 2 is 0.645 bits per heavy atom. The molecule has 13 rings (SSSR count). The fourth-order valence-corrected chi connectivity index (χ4v) is 12.3. The van der Waals surface area contributed by atoms with E-state index in [0.717, 1.165) is 11.4 Å². The van der Waals surface area contributed by atoms with Crippen LogP contribution in [0.25, 0.3) is 55.6 Å². The summed E-state index contributed by atoms with van der Waals surface area (Å²) in [5.74, 6) is 0. The third-order valence-corrected chi connectivity index (χ3v) is 15.1. The zero-order valence-electron chi connectivity index (χ0n) is 35.5. The Morgan fingerprint density at radius 3 is 1.11 bits per heavy atom. The molecule has 1 spiro atoms. The number of nitrogens with zero attached hydrogens (tertiary/aromatic N) is 1. The Labute approximate surface area is 364 Å². The molecule has 0 amide bonds. The smallest absolute Gasteiger partial charge is 0.0726 e. The van der Waals surface area contributed by atoms with E-state index in [4.69, 9.17) is 0 Å². The average Bonchev–Trinajstić information content (AvgIpc) is 3.94. The fraction of sp³-hybridized carbons (Fsp3) is 0.115. The predicted octanol–water partition coefficient (Wildman–Crippen LogP) is 15.8. The van der Waals surface area contributed by atoms with Crippen LogP contribution < -0.4 is 4.90 Å². The highest BCUT2D eigenvalue weighted by Crippen LogP contribution is 2.64. The van der Waals surface area contributed by atoms with Gasteiger partial charge in [-0.2, -0.15) is 0 Å². The number of anilines is 3. The number of rotatable bonds is 4. The molecule has 0 fully saturated rings. The molecule has 4 aliphatic rings. The van der Waals surface area contributed by atoms with Gasteiger partial charge in [-0.1, -0.05) is 191 Å². The van der Waals surface area contributed by atoms with E-state index in [1.807, 2.05) is 0 Å². The Hall–Kier alpha value is -7.22. The third kappa shape index (κ3) is 4.48. The van der Waals surface area contributed by atoms with Gasteiger partial charge in [0.2, 0.25) is 0 Å². The Morgan fingerprint density at radius 1 is 0.274 bits per heavy atom. The van der Waals surface area contributed by atoms with Crippen molar-refractivity contribution in [2.75, 3.05) is 4.90 Å². The summed E-state index contributed by atoms with van der Waals surface area (Å²) in [6.07, 6.45) is 0. The second-order valence-corrected chi connectivity index (χ2v) is 18.8. The largest absolute Gasteiger partial charge is 0.310 e. The lowest BCUT2D eigenvalue weighted by molar-refractivity contribution is 0.660. The van der Waals surface area contributed by atoms with E-state index in [1.54, 1.807) is 0 Å². The summed E-state index contributed by atoms with van der Waals surface area (Å²) in [7, 11) is 0. The second kappa shape index (κ2) is 12.4. The molecule has 0 atom stereocenters. The van der Waals surface area contributed by atoms with Crippen molar-refractivity contribution < 1.29 is 0 Å². The molecule has 0 saturated heterocycles. The van der Waals surface area contributed by atoms with Crippen LogP contribution in [0.15, 0.2) is 200 Å². The van der Waals surface area contributed by atoms with Gasteiger partial charge in [0.15, 0.2) is 0 Å². The first-order valence-corrected chi connectivity index (χ1v) is 22.1. The summed E-state index contributed by atoms with van der Waals surface area (Å²) < 4.78 is 0. The van der Waals surface area contributed by atoms with Gasteiger partial charge in [0.25, 0.3) is 0 Å². The summed E-state index contributed by atoms with van der Waals surface area (Å²) in [4.78, 5) is 2.59. The van der Waals surface area contributed by atoms with Gasteiger partial charge >= 0.3 is 0 Å². The van der Waals surface area contributed by atoms with Gasteiger partial charge in [-0.15, -0.1) is 0 Å². The van der Waals surface area contributed by atoms with Crippen molar-refractivity contribution in [3.05, 3.63) is 245 Å². The van der Waals surface area contributed by atoms with Gasteiger partial charge < -0.3 is 4.90 Å². The Balaban J connectivity index is 1.14. The van der Waals surface area contributed by atoms with Crippen molar-refractivity contribution in [1.82, 2.24) is 0 Å². The zero-order valence-corrected chi connectivity index (χ0v) is 35.5. The van der Waals surface area contributed by atoms with Crippen LogP contribution in [0, 0.1) is 0 Å². The summed E-state index contributed by atoms with van der Waals surface area (Å²) in [5, 5.41) is 0. The molecule has 0 aromatic heterocycles. The van der Waals surface area contributed by atoms with Crippen molar-refractivity contribution in [3.8, 4) is 55.6 Å². The SMILES string of the molecule is CC1(C)c2ccccc2-c2ccc(N(c3ccc4c(c3)C(C)(C)c3ccccc3-4)c3cc4c(cc3-c3ccccc3)-c3ccccc3C43c4ccccc4-c4ccccc43)cc21. The van der Waals surface area contributed by atoms with Crippen molar-refractivity contribution in [3.63, 3.8) is 0 Å². The van der Waals surface area contributed by atoms with Crippen LogP contribution in [0.2, 0.25) is 0 Å². The highest BCUT2D eigenvalue weighted by Gasteiger charge is 2.52. The fourth-order valence-electron chi connectivity index (χ4n) is 12.3. The Bertz CT molecular complexity index is 3210. The molecule has 1 nitrogen and oxygen atoms in total. The van der Waals surface area contributed by atoms with Crippen LogP contribution >= 0.6 is 0 Å². The van der Waals surface area contributed by atoms with E-state index in [9.17, 15) is 0 Å². The normalized spacial score (nSPS) is 15.5. The maximum Gasteiger partial charge on any atom is 0.0726 e. The first-order valence-electron chi connectivity index (χ1n) is 22.1. The van der Waals surface area contributed by atoms with Gasteiger partial charge in [-0.25, -0.2) is 0 Å². The van der Waals surface area contributed by atoms with Gasteiger partial charge in [0.05, 0.1) is 11.1 Å². The van der Waals surface area contributed by atoms with Crippen LogP contribution in [0.4, 0.5) is 17.1 Å². The first-order chi connectivity index (χ1) is 30.3. The number of hydrogen-bond donors (Lipinski definition) is 0. The summed E-state index contributed by atoms with van der Waals surface area (Å²) in [6.45, 7) is 9.56. The van der Waals surface area contributed by atoms with Crippen LogP contribution in [0.1, 0.15) is 72.2 Å². The minimum absolute atomic E-state index is 0.154. The van der Waals surface area contributed by atoms with Crippen LogP contribution in [0.3, 0.4) is 0 Å². The van der Waals surface area contributed by atoms with Gasteiger partial charge in [-0.3, -0.25) is 0 Å². The van der Waals surface area contributed by atoms with E-state index < -0.39 is 5.41 Å². The molecule has 0 heterocycles. The molecule has 294 valence electrons. The Kier molecular flexibility index (Phi) is 7.12. The summed E-state index contributed by atoms with van der Waals surface area (Å²) in [6, 6.07) is 76.0. The number of hydrogen-bond acceptors (Lipinski definition) is 1. The molecule has 9 aromatic carbocycles. The quantitative estimate of drug-likeness (QED) is 0.172. The minimum atomic E-state index is -0.474. The number of fused-ring (bicyclic) bond motifs is 16. The molecule has 0 saturated carbocycles.